The van der Waals surface area contributed by atoms with Crippen LogP contribution in [0.4, 0.5) is 11.6 Å². The first-order valence-corrected chi connectivity index (χ1v) is 8.99. The standard InChI is InChI=1S/C22H22N2O4/c1-26-17-8-9-18(20(13-17)27-2)21(25)24-16-7-3-5-14(11-16)19-12-15-6-4-10-23-22(15)28-19/h3-9,11-13,21,23-25H,10H2,1-2H3. The van der Waals surface area contributed by atoms with Crippen molar-refractivity contribution in [2.45, 2.75) is 6.23 Å². The second kappa shape index (κ2) is 7.70. The minimum atomic E-state index is -0.939. The summed E-state index contributed by atoms with van der Waals surface area (Å²) in [7, 11) is 3.15. The number of nitrogens with one attached hydrogen (secondary N) is 2. The lowest BCUT2D eigenvalue weighted by Gasteiger charge is -2.18. The van der Waals surface area contributed by atoms with E-state index >= 15 is 0 Å². The topological polar surface area (TPSA) is 75.9 Å². The molecule has 1 atom stereocenters. The SMILES string of the molecule is COc1ccc(C(O)Nc2cccc(-c3cc4c(o3)NCC=C4)c2)c(OC)c1. The summed E-state index contributed by atoms with van der Waals surface area (Å²) < 4.78 is 16.5. The number of aliphatic hydroxyl groups excluding tert-OH is 1. The minimum absolute atomic E-state index is 0.548. The number of anilines is 2. The average Bonchev–Trinajstić information content (AvgIpc) is 3.17. The lowest BCUT2D eigenvalue weighted by atomic mass is 10.1. The summed E-state index contributed by atoms with van der Waals surface area (Å²) in [6.07, 6.45) is 3.16. The van der Waals surface area contributed by atoms with E-state index in [9.17, 15) is 5.11 Å². The first-order valence-electron chi connectivity index (χ1n) is 8.99. The van der Waals surface area contributed by atoms with Crippen LogP contribution in [-0.4, -0.2) is 25.9 Å². The zero-order valence-electron chi connectivity index (χ0n) is 15.7. The highest BCUT2D eigenvalue weighted by atomic mass is 16.5. The molecule has 1 unspecified atom stereocenters. The predicted molar refractivity (Wildman–Crippen MR) is 110 cm³/mol. The van der Waals surface area contributed by atoms with E-state index in [1.54, 1.807) is 32.4 Å². The third-order valence-corrected chi connectivity index (χ3v) is 4.62. The molecule has 0 aliphatic carbocycles. The molecule has 0 saturated heterocycles. The Balaban J connectivity index is 1.57. The Labute approximate surface area is 163 Å². The molecule has 2 heterocycles. The van der Waals surface area contributed by atoms with Crippen LogP contribution in [0.15, 0.2) is 59.0 Å². The van der Waals surface area contributed by atoms with Crippen LogP contribution in [0.25, 0.3) is 17.4 Å². The third kappa shape index (κ3) is 3.54. The van der Waals surface area contributed by atoms with Gasteiger partial charge in [-0.1, -0.05) is 24.3 Å². The summed E-state index contributed by atoms with van der Waals surface area (Å²) in [5.41, 5.74) is 3.34. The van der Waals surface area contributed by atoms with Crippen LogP contribution in [0.3, 0.4) is 0 Å². The summed E-state index contributed by atoms with van der Waals surface area (Å²) >= 11 is 0. The Morgan fingerprint density at radius 3 is 2.79 bits per heavy atom. The zero-order chi connectivity index (χ0) is 19.5. The van der Waals surface area contributed by atoms with Crippen LogP contribution in [0, 0.1) is 0 Å². The van der Waals surface area contributed by atoms with Gasteiger partial charge in [-0.25, -0.2) is 0 Å². The van der Waals surface area contributed by atoms with Crippen LogP contribution in [-0.2, 0) is 0 Å². The van der Waals surface area contributed by atoms with Crippen LogP contribution < -0.4 is 20.1 Å². The maximum Gasteiger partial charge on any atom is 0.201 e. The Morgan fingerprint density at radius 2 is 2.00 bits per heavy atom. The highest BCUT2D eigenvalue weighted by Gasteiger charge is 2.16. The van der Waals surface area contributed by atoms with Gasteiger partial charge in [0, 0.05) is 35.0 Å². The quantitative estimate of drug-likeness (QED) is 0.548. The second-order valence-electron chi connectivity index (χ2n) is 6.41. The molecule has 1 aliphatic rings. The summed E-state index contributed by atoms with van der Waals surface area (Å²) in [6.45, 7) is 0.761. The molecule has 144 valence electrons. The van der Waals surface area contributed by atoms with Gasteiger partial charge in [-0.2, -0.15) is 0 Å². The largest absolute Gasteiger partial charge is 0.497 e. The smallest absolute Gasteiger partial charge is 0.201 e. The monoisotopic (exact) mass is 378 g/mol. The number of aliphatic hydroxyl groups is 1. The molecule has 2 aromatic carbocycles. The molecule has 0 radical (unpaired) electrons. The van der Waals surface area contributed by atoms with Crippen molar-refractivity contribution in [3.63, 3.8) is 0 Å². The predicted octanol–water partition coefficient (Wildman–Crippen LogP) is 4.51. The fourth-order valence-electron chi connectivity index (χ4n) is 3.19. The molecule has 1 aliphatic heterocycles. The number of furan rings is 1. The van der Waals surface area contributed by atoms with Gasteiger partial charge < -0.3 is 29.6 Å². The number of methoxy groups -OCH3 is 2. The number of benzene rings is 2. The summed E-state index contributed by atoms with van der Waals surface area (Å²) in [6, 6.07) is 15.0. The van der Waals surface area contributed by atoms with Crippen molar-refractivity contribution >= 4 is 17.6 Å². The molecule has 3 N–H and O–H groups in total. The number of hydrogen-bond acceptors (Lipinski definition) is 6. The van der Waals surface area contributed by atoms with Crippen molar-refractivity contribution in [3.05, 3.63) is 65.7 Å². The minimum Gasteiger partial charge on any atom is -0.497 e. The van der Waals surface area contributed by atoms with Gasteiger partial charge in [0.2, 0.25) is 5.88 Å². The van der Waals surface area contributed by atoms with Crippen LogP contribution >= 0.6 is 0 Å². The summed E-state index contributed by atoms with van der Waals surface area (Å²) in [5.74, 6) is 2.76. The fraction of sp³-hybridized carbons (Fsp3) is 0.182. The highest BCUT2D eigenvalue weighted by Crippen LogP contribution is 2.34. The molecule has 0 fully saturated rings. The molecule has 6 nitrogen and oxygen atoms in total. The van der Waals surface area contributed by atoms with E-state index in [-0.39, 0.29) is 0 Å². The molecule has 4 rings (SSSR count). The van der Waals surface area contributed by atoms with Gasteiger partial charge in [0.1, 0.15) is 17.3 Å². The molecule has 0 amide bonds. The molecule has 6 heteroatoms. The molecule has 28 heavy (non-hydrogen) atoms. The second-order valence-corrected chi connectivity index (χ2v) is 6.41. The van der Waals surface area contributed by atoms with E-state index in [1.807, 2.05) is 36.4 Å². The molecule has 0 saturated carbocycles. The van der Waals surface area contributed by atoms with Crippen molar-refractivity contribution in [2.75, 3.05) is 31.4 Å². The van der Waals surface area contributed by atoms with E-state index in [1.165, 1.54) is 0 Å². The van der Waals surface area contributed by atoms with Gasteiger partial charge in [0.05, 0.1) is 14.2 Å². The van der Waals surface area contributed by atoms with E-state index < -0.39 is 6.23 Å². The fourth-order valence-corrected chi connectivity index (χ4v) is 3.19. The third-order valence-electron chi connectivity index (χ3n) is 4.62. The number of ether oxygens (including phenoxy) is 2. The van der Waals surface area contributed by atoms with Gasteiger partial charge in [0.25, 0.3) is 0 Å². The van der Waals surface area contributed by atoms with Gasteiger partial charge in [-0.15, -0.1) is 0 Å². The van der Waals surface area contributed by atoms with Crippen LogP contribution in [0.5, 0.6) is 11.5 Å². The Kier molecular flexibility index (Phi) is 4.95. The van der Waals surface area contributed by atoms with Crippen molar-refractivity contribution in [1.29, 1.82) is 0 Å². The summed E-state index contributed by atoms with van der Waals surface area (Å²) in [4.78, 5) is 0. The Hall–Kier alpha value is -3.38. The highest BCUT2D eigenvalue weighted by molar-refractivity contribution is 5.74. The maximum atomic E-state index is 10.7. The number of rotatable bonds is 6. The van der Waals surface area contributed by atoms with Crippen LogP contribution in [0.2, 0.25) is 0 Å². The van der Waals surface area contributed by atoms with Crippen molar-refractivity contribution in [1.82, 2.24) is 0 Å². The van der Waals surface area contributed by atoms with Crippen molar-refractivity contribution in [2.24, 2.45) is 0 Å². The maximum absolute atomic E-state index is 10.7. The molecule has 3 aromatic rings. The lowest BCUT2D eigenvalue weighted by molar-refractivity contribution is 0.203. The van der Waals surface area contributed by atoms with E-state index in [4.69, 9.17) is 13.9 Å². The zero-order valence-corrected chi connectivity index (χ0v) is 15.7. The van der Waals surface area contributed by atoms with Crippen molar-refractivity contribution < 1.29 is 19.0 Å². The van der Waals surface area contributed by atoms with E-state index in [2.05, 4.69) is 16.7 Å². The summed E-state index contributed by atoms with van der Waals surface area (Å²) in [5, 5.41) is 17.0. The molecular formula is C22H22N2O4. The van der Waals surface area contributed by atoms with Crippen molar-refractivity contribution in [3.8, 4) is 22.8 Å². The Morgan fingerprint density at radius 1 is 1.11 bits per heavy atom. The van der Waals surface area contributed by atoms with Crippen LogP contribution in [0.1, 0.15) is 17.4 Å². The normalized spacial score (nSPS) is 13.4. The average molecular weight is 378 g/mol. The number of hydrogen-bond donors (Lipinski definition) is 3. The van der Waals surface area contributed by atoms with Gasteiger partial charge in [-0.05, 0) is 30.3 Å². The first kappa shape index (κ1) is 18.0. The molecule has 0 bridgehead atoms. The van der Waals surface area contributed by atoms with Gasteiger partial charge in [-0.3, -0.25) is 0 Å². The van der Waals surface area contributed by atoms with Gasteiger partial charge in [0.15, 0.2) is 6.23 Å². The van der Waals surface area contributed by atoms with E-state index in [0.29, 0.717) is 17.1 Å². The lowest BCUT2D eigenvalue weighted by Crippen LogP contribution is -2.11. The number of fused-ring (bicyclic) bond motifs is 1. The Bertz CT molecular complexity index is 1010. The molecule has 1 aromatic heterocycles. The molecule has 0 spiro atoms. The molecular weight excluding hydrogens is 356 g/mol. The first-order chi connectivity index (χ1) is 13.7. The van der Waals surface area contributed by atoms with E-state index in [0.717, 1.165) is 35.0 Å². The van der Waals surface area contributed by atoms with Gasteiger partial charge >= 0.3 is 0 Å².